The molecule has 0 radical (unpaired) electrons. The average molecular weight is 187 g/mol. The van der Waals surface area contributed by atoms with Gasteiger partial charge in [-0.05, 0) is 0 Å². The second-order valence-electron chi connectivity index (χ2n) is 3.29. The van der Waals surface area contributed by atoms with E-state index in [1.165, 1.54) is 6.08 Å². The first-order valence-electron chi connectivity index (χ1n) is 4.35. The van der Waals surface area contributed by atoms with Crippen LogP contribution >= 0.6 is 0 Å². The van der Waals surface area contributed by atoms with Gasteiger partial charge in [0.15, 0.2) is 0 Å². The molecule has 2 rings (SSSR count). The first kappa shape index (κ1) is 8.74. The molecule has 3 atom stereocenters. The van der Waals surface area contributed by atoms with Crippen LogP contribution in [0.25, 0.3) is 0 Å². The fourth-order valence-corrected chi connectivity index (χ4v) is 1.81. The third-order valence-corrected chi connectivity index (χ3v) is 2.53. The van der Waals surface area contributed by atoms with Crippen molar-refractivity contribution in [1.29, 1.82) is 15.9 Å². The maximum Gasteiger partial charge on any atom is 0.120 e. The van der Waals surface area contributed by atoms with Gasteiger partial charge < -0.3 is 4.90 Å². The van der Waals surface area contributed by atoms with E-state index >= 15 is 0 Å². The summed E-state index contributed by atoms with van der Waals surface area (Å²) in [5.74, 6) is 0.497. The first-order chi connectivity index (χ1) is 6.79. The van der Waals surface area contributed by atoms with Crippen LogP contribution in [0.5, 0.6) is 0 Å². The zero-order chi connectivity index (χ0) is 10.1. The van der Waals surface area contributed by atoms with Crippen molar-refractivity contribution in [1.82, 2.24) is 9.80 Å². The van der Waals surface area contributed by atoms with Crippen molar-refractivity contribution < 1.29 is 0 Å². The summed E-state index contributed by atoms with van der Waals surface area (Å²) in [6.45, 7) is 0.877. The molecular formula is C9H9N5. The molecule has 14 heavy (non-hydrogen) atoms. The van der Waals surface area contributed by atoms with Gasteiger partial charge in [-0.15, -0.1) is 0 Å². The van der Waals surface area contributed by atoms with Crippen LogP contribution in [0.1, 0.15) is 6.42 Å². The van der Waals surface area contributed by atoms with Crippen molar-refractivity contribution >= 4 is 5.84 Å². The van der Waals surface area contributed by atoms with Crippen LogP contribution in [0.3, 0.4) is 0 Å². The Labute approximate surface area is 81.9 Å². The van der Waals surface area contributed by atoms with Crippen LogP contribution in [-0.4, -0.2) is 34.4 Å². The Morgan fingerprint density at radius 2 is 2.36 bits per heavy atom. The lowest BCUT2D eigenvalue weighted by Crippen LogP contribution is -2.34. The molecule has 2 aliphatic rings. The van der Waals surface area contributed by atoms with Crippen LogP contribution in [0.4, 0.5) is 0 Å². The molecule has 5 nitrogen and oxygen atoms in total. The van der Waals surface area contributed by atoms with Crippen LogP contribution in [0.2, 0.25) is 0 Å². The number of nitriles is 2. The Bertz CT molecular complexity index is 372. The molecule has 5 heteroatoms. The molecule has 2 saturated heterocycles. The third kappa shape index (κ3) is 1.15. The number of allylic oxidation sites excluding steroid dienone is 1. The van der Waals surface area contributed by atoms with Gasteiger partial charge in [0.05, 0.1) is 24.6 Å². The van der Waals surface area contributed by atoms with E-state index < -0.39 is 0 Å². The molecule has 2 heterocycles. The van der Waals surface area contributed by atoms with Crippen LogP contribution < -0.4 is 0 Å². The van der Waals surface area contributed by atoms with Crippen molar-refractivity contribution in [2.75, 3.05) is 6.54 Å². The van der Waals surface area contributed by atoms with Gasteiger partial charge in [0.25, 0.3) is 0 Å². The smallest absolute Gasteiger partial charge is 0.120 e. The molecule has 2 fully saturated rings. The van der Waals surface area contributed by atoms with Gasteiger partial charge in [-0.1, -0.05) is 0 Å². The molecule has 0 aromatic carbocycles. The van der Waals surface area contributed by atoms with Crippen molar-refractivity contribution in [2.45, 2.75) is 18.6 Å². The van der Waals surface area contributed by atoms with Crippen molar-refractivity contribution in [2.24, 2.45) is 0 Å². The number of amidine groups is 1. The van der Waals surface area contributed by atoms with Crippen LogP contribution in [-0.2, 0) is 0 Å². The minimum absolute atomic E-state index is 0.0397. The average Bonchev–Trinajstić information content (AvgIpc) is 2.91. The number of rotatable bonds is 2. The van der Waals surface area contributed by atoms with E-state index in [0.29, 0.717) is 12.3 Å². The number of fused-ring (bicyclic) bond motifs is 1. The normalized spacial score (nSPS) is 34.0. The van der Waals surface area contributed by atoms with Crippen molar-refractivity contribution in [3.8, 4) is 12.1 Å². The molecule has 0 aliphatic carbocycles. The Morgan fingerprint density at radius 3 is 3.00 bits per heavy atom. The summed E-state index contributed by atoms with van der Waals surface area (Å²) < 4.78 is 0. The molecule has 0 saturated carbocycles. The SMILES string of the molecule is N#C/C=C/N1C(=N)C2CN2C1CC#N. The topological polar surface area (TPSA) is 77.7 Å². The van der Waals surface area contributed by atoms with Gasteiger partial charge >= 0.3 is 0 Å². The fourth-order valence-electron chi connectivity index (χ4n) is 1.81. The minimum atomic E-state index is -0.0397. The molecule has 0 aromatic rings. The largest absolute Gasteiger partial charge is 0.318 e. The molecule has 1 N–H and O–H groups in total. The Morgan fingerprint density at radius 1 is 1.57 bits per heavy atom. The lowest BCUT2D eigenvalue weighted by Gasteiger charge is -2.22. The zero-order valence-corrected chi connectivity index (χ0v) is 7.51. The summed E-state index contributed by atoms with van der Waals surface area (Å²) in [6.07, 6.45) is 3.25. The summed E-state index contributed by atoms with van der Waals surface area (Å²) >= 11 is 0. The lowest BCUT2D eigenvalue weighted by molar-refractivity contribution is 0.285. The van der Waals surface area contributed by atoms with E-state index in [-0.39, 0.29) is 12.2 Å². The highest BCUT2D eigenvalue weighted by Crippen LogP contribution is 2.35. The second kappa shape index (κ2) is 3.13. The molecule has 0 bridgehead atoms. The van der Waals surface area contributed by atoms with E-state index in [1.54, 1.807) is 11.1 Å². The molecular weight excluding hydrogens is 178 g/mol. The van der Waals surface area contributed by atoms with Gasteiger partial charge in [-0.25, -0.2) is 0 Å². The summed E-state index contributed by atoms with van der Waals surface area (Å²) in [7, 11) is 0. The molecule has 2 aliphatic heterocycles. The summed E-state index contributed by atoms with van der Waals surface area (Å²) in [5, 5.41) is 24.8. The van der Waals surface area contributed by atoms with Gasteiger partial charge in [-0.3, -0.25) is 10.3 Å². The van der Waals surface area contributed by atoms with E-state index in [1.807, 2.05) is 6.07 Å². The zero-order valence-electron chi connectivity index (χ0n) is 7.51. The third-order valence-electron chi connectivity index (χ3n) is 2.53. The van der Waals surface area contributed by atoms with E-state index in [9.17, 15) is 0 Å². The van der Waals surface area contributed by atoms with Gasteiger partial charge in [0.1, 0.15) is 12.0 Å². The van der Waals surface area contributed by atoms with Gasteiger partial charge in [-0.2, -0.15) is 10.5 Å². The Kier molecular flexibility index (Phi) is 1.95. The molecule has 0 aromatic heterocycles. The molecule has 0 spiro atoms. The molecule has 70 valence electrons. The Hall–Kier alpha value is -1.85. The monoisotopic (exact) mass is 187 g/mol. The van der Waals surface area contributed by atoms with Crippen molar-refractivity contribution in [3.63, 3.8) is 0 Å². The van der Waals surface area contributed by atoms with Crippen LogP contribution in [0, 0.1) is 28.1 Å². The predicted molar refractivity (Wildman–Crippen MR) is 48.8 cm³/mol. The highest BCUT2D eigenvalue weighted by Gasteiger charge is 2.53. The second-order valence-corrected chi connectivity index (χ2v) is 3.29. The fraction of sp³-hybridized carbons (Fsp3) is 0.444. The minimum Gasteiger partial charge on any atom is -0.318 e. The van der Waals surface area contributed by atoms with E-state index in [4.69, 9.17) is 15.9 Å². The Balaban J connectivity index is 2.14. The number of nitrogens with one attached hydrogen (secondary N) is 1. The van der Waals surface area contributed by atoms with E-state index in [0.717, 1.165) is 6.54 Å². The van der Waals surface area contributed by atoms with Crippen LogP contribution in [0.15, 0.2) is 12.3 Å². The highest BCUT2D eigenvalue weighted by atomic mass is 15.5. The first-order valence-corrected chi connectivity index (χ1v) is 4.35. The van der Waals surface area contributed by atoms with Gasteiger partial charge in [0, 0.05) is 18.8 Å². The number of hydrogen-bond donors (Lipinski definition) is 1. The predicted octanol–water partition coefficient (Wildman–Crippen LogP) is 0.241. The molecule has 3 unspecified atom stereocenters. The van der Waals surface area contributed by atoms with Crippen molar-refractivity contribution in [3.05, 3.63) is 12.3 Å². The summed E-state index contributed by atoms with van der Waals surface area (Å²) in [6, 6.07) is 4.16. The summed E-state index contributed by atoms with van der Waals surface area (Å²) in [5.41, 5.74) is 0. The summed E-state index contributed by atoms with van der Waals surface area (Å²) in [4.78, 5) is 3.77. The highest BCUT2D eigenvalue weighted by molar-refractivity contribution is 5.91. The maximum absolute atomic E-state index is 8.63. The lowest BCUT2D eigenvalue weighted by atomic mass is 10.3. The van der Waals surface area contributed by atoms with E-state index in [2.05, 4.69) is 11.0 Å². The number of nitrogens with zero attached hydrogens (tertiary/aromatic N) is 4. The standard InChI is InChI=1S/C9H9N5/c10-3-1-5-13-8(2-4-11)14-6-7(14)9(13)12/h1,5,7-8,12H,2,6H2/b5-1+,12-9?. The van der Waals surface area contributed by atoms with Gasteiger partial charge in [0.2, 0.25) is 0 Å². The number of hydrogen-bond acceptors (Lipinski definition) is 4. The maximum atomic E-state index is 8.63. The molecule has 0 amide bonds. The quantitative estimate of drug-likeness (QED) is 0.496.